The molecule has 2 heterocycles. The smallest absolute Gasteiger partial charge is 0.356 e. The lowest BCUT2D eigenvalue weighted by Gasteiger charge is -2.27. The fraction of sp³-hybridized carbons (Fsp3) is 0.200. The molecule has 0 atom stereocenters. The molecule has 4 rings (SSSR count). The number of rotatable bonds is 2. The van der Waals surface area contributed by atoms with Crippen LogP contribution >= 0.6 is 0 Å². The number of nitrogens with zero attached hydrogens (tertiary/aromatic N) is 2. The van der Waals surface area contributed by atoms with Gasteiger partial charge in [0.2, 0.25) is 0 Å². The number of hydrogen-bond acceptors (Lipinski definition) is 3. The van der Waals surface area contributed by atoms with Crippen LogP contribution in [-0.4, -0.2) is 22.5 Å². The Kier molecular flexibility index (Phi) is 4.41. The second-order valence-corrected chi connectivity index (χ2v) is 6.46. The first-order valence-corrected chi connectivity index (χ1v) is 8.53. The van der Waals surface area contributed by atoms with E-state index in [4.69, 9.17) is 4.52 Å². The first kappa shape index (κ1) is 18.2. The molecule has 0 fully saturated rings. The molecular weight excluding hydrogens is 376 g/mol. The zero-order valence-electron chi connectivity index (χ0n) is 14.5. The van der Waals surface area contributed by atoms with Crippen LogP contribution in [-0.2, 0) is 19.1 Å². The zero-order chi connectivity index (χ0) is 19.9. The second-order valence-electron chi connectivity index (χ2n) is 6.46. The molecule has 1 aliphatic rings. The molecule has 0 spiro atoms. The minimum absolute atomic E-state index is 0.0660. The normalized spacial score (nSPS) is 14.1. The molecule has 1 aromatic heterocycles. The quantitative estimate of drug-likeness (QED) is 0.596. The van der Waals surface area contributed by atoms with Crippen molar-refractivity contribution in [2.24, 2.45) is 0 Å². The van der Waals surface area contributed by atoms with Crippen molar-refractivity contribution in [3.05, 3.63) is 76.7 Å². The minimum atomic E-state index is -4.62. The zero-order valence-corrected chi connectivity index (χ0v) is 14.5. The van der Waals surface area contributed by atoms with Crippen LogP contribution in [0.2, 0.25) is 0 Å². The summed E-state index contributed by atoms with van der Waals surface area (Å²) in [5.74, 6) is -0.723. The summed E-state index contributed by atoms with van der Waals surface area (Å²) in [6.45, 7) is 0.296. The predicted molar refractivity (Wildman–Crippen MR) is 91.8 cm³/mol. The number of fused-ring (bicyclic) bond motifs is 1. The van der Waals surface area contributed by atoms with Crippen LogP contribution in [0.25, 0.3) is 11.3 Å². The molecule has 0 radical (unpaired) electrons. The van der Waals surface area contributed by atoms with E-state index >= 15 is 0 Å². The van der Waals surface area contributed by atoms with E-state index < -0.39 is 29.0 Å². The van der Waals surface area contributed by atoms with Gasteiger partial charge in [-0.15, -0.1) is 0 Å². The molecule has 1 aliphatic heterocycles. The Morgan fingerprint density at radius 3 is 2.50 bits per heavy atom. The van der Waals surface area contributed by atoms with Crippen molar-refractivity contribution in [1.29, 1.82) is 0 Å². The maximum Gasteiger partial charge on any atom is 0.417 e. The van der Waals surface area contributed by atoms with Crippen LogP contribution in [0.5, 0.6) is 0 Å². The van der Waals surface area contributed by atoms with E-state index in [0.29, 0.717) is 29.0 Å². The highest BCUT2D eigenvalue weighted by Gasteiger charge is 2.37. The summed E-state index contributed by atoms with van der Waals surface area (Å²) in [5, 5.41) is 3.99. The van der Waals surface area contributed by atoms with E-state index in [1.807, 2.05) is 0 Å². The molecule has 0 saturated heterocycles. The molecule has 0 unspecified atom stereocenters. The Balaban J connectivity index is 1.66. The van der Waals surface area contributed by atoms with E-state index in [2.05, 4.69) is 5.16 Å². The lowest BCUT2D eigenvalue weighted by Crippen LogP contribution is -2.37. The van der Waals surface area contributed by atoms with Gasteiger partial charge in [-0.2, -0.15) is 13.2 Å². The summed E-state index contributed by atoms with van der Waals surface area (Å²) < 4.78 is 58.3. The molecule has 8 heteroatoms. The lowest BCUT2D eigenvalue weighted by atomic mass is 9.99. The average Bonchev–Trinajstić information content (AvgIpc) is 3.10. The van der Waals surface area contributed by atoms with Crippen molar-refractivity contribution in [3.8, 4) is 11.3 Å². The van der Waals surface area contributed by atoms with Crippen LogP contribution in [0.4, 0.5) is 17.6 Å². The molecule has 1 amide bonds. The van der Waals surface area contributed by atoms with E-state index in [-0.39, 0.29) is 13.1 Å². The number of alkyl halides is 3. The standard InChI is InChI=1S/C20H14F4N2O2/c21-13-7-5-12(6-8-13)18-15-11-26(10-9-17(15)25-28-18)19(27)14-3-1-2-4-16(14)20(22,23)24/h1-8H,9-11H2. The SMILES string of the molecule is O=C(c1ccccc1C(F)(F)F)N1CCc2noc(-c3ccc(F)cc3)c2C1. The van der Waals surface area contributed by atoms with Crippen molar-refractivity contribution in [2.45, 2.75) is 19.1 Å². The highest BCUT2D eigenvalue weighted by atomic mass is 19.4. The van der Waals surface area contributed by atoms with Crippen LogP contribution in [0, 0.1) is 5.82 Å². The fourth-order valence-electron chi connectivity index (χ4n) is 3.30. The van der Waals surface area contributed by atoms with Crippen LogP contribution in [0.15, 0.2) is 53.1 Å². The van der Waals surface area contributed by atoms with Gasteiger partial charge in [0.05, 0.1) is 23.4 Å². The third kappa shape index (κ3) is 3.26. The van der Waals surface area contributed by atoms with E-state index in [0.717, 1.165) is 6.07 Å². The second kappa shape index (κ2) is 6.78. The van der Waals surface area contributed by atoms with Crippen LogP contribution < -0.4 is 0 Å². The highest BCUT2D eigenvalue weighted by molar-refractivity contribution is 5.96. The van der Waals surface area contributed by atoms with Crippen molar-refractivity contribution >= 4 is 5.91 Å². The van der Waals surface area contributed by atoms with E-state index in [1.165, 1.54) is 47.4 Å². The van der Waals surface area contributed by atoms with Gasteiger partial charge < -0.3 is 9.42 Å². The molecule has 3 aromatic rings. The van der Waals surface area contributed by atoms with Gasteiger partial charge in [-0.1, -0.05) is 17.3 Å². The summed E-state index contributed by atoms with van der Waals surface area (Å²) in [6.07, 6.45) is -4.26. The molecule has 0 N–H and O–H groups in total. The predicted octanol–water partition coefficient (Wildman–Crippen LogP) is 4.70. The van der Waals surface area contributed by atoms with Crippen molar-refractivity contribution in [2.75, 3.05) is 6.54 Å². The Morgan fingerprint density at radius 2 is 1.79 bits per heavy atom. The van der Waals surface area contributed by atoms with Crippen molar-refractivity contribution in [3.63, 3.8) is 0 Å². The number of hydrogen-bond donors (Lipinski definition) is 0. The van der Waals surface area contributed by atoms with Gasteiger partial charge in [-0.05, 0) is 36.4 Å². The molecule has 28 heavy (non-hydrogen) atoms. The Hall–Kier alpha value is -3.16. The molecule has 0 bridgehead atoms. The molecule has 0 saturated carbocycles. The first-order chi connectivity index (χ1) is 13.3. The Labute approximate surface area is 157 Å². The monoisotopic (exact) mass is 390 g/mol. The number of carbonyl (C=O) groups is 1. The highest BCUT2D eigenvalue weighted by Crippen LogP contribution is 2.34. The largest absolute Gasteiger partial charge is 0.417 e. The van der Waals surface area contributed by atoms with Crippen molar-refractivity contribution in [1.82, 2.24) is 10.1 Å². The van der Waals surface area contributed by atoms with Gasteiger partial charge >= 0.3 is 6.18 Å². The van der Waals surface area contributed by atoms with Gasteiger partial charge in [-0.3, -0.25) is 4.79 Å². The van der Waals surface area contributed by atoms with E-state index in [9.17, 15) is 22.4 Å². The Bertz CT molecular complexity index is 1030. The average molecular weight is 390 g/mol. The van der Waals surface area contributed by atoms with Gasteiger partial charge in [0.1, 0.15) is 5.82 Å². The number of carbonyl (C=O) groups excluding carboxylic acids is 1. The van der Waals surface area contributed by atoms with Gasteiger partial charge in [0, 0.05) is 24.1 Å². The van der Waals surface area contributed by atoms with E-state index in [1.54, 1.807) is 0 Å². The number of halogens is 4. The fourth-order valence-corrected chi connectivity index (χ4v) is 3.30. The van der Waals surface area contributed by atoms with Crippen molar-refractivity contribution < 1.29 is 26.9 Å². The van der Waals surface area contributed by atoms with Gasteiger partial charge in [0.15, 0.2) is 5.76 Å². The van der Waals surface area contributed by atoms with Gasteiger partial charge in [0.25, 0.3) is 5.91 Å². The third-order valence-corrected chi connectivity index (χ3v) is 4.69. The molecular formula is C20H14F4N2O2. The Morgan fingerprint density at radius 1 is 1.07 bits per heavy atom. The topological polar surface area (TPSA) is 46.3 Å². The summed E-state index contributed by atoms with van der Waals surface area (Å²) in [6, 6.07) is 10.3. The molecule has 2 aromatic carbocycles. The molecule has 144 valence electrons. The van der Waals surface area contributed by atoms with Gasteiger partial charge in [-0.25, -0.2) is 4.39 Å². The molecule has 0 aliphatic carbocycles. The maximum absolute atomic E-state index is 13.3. The summed E-state index contributed by atoms with van der Waals surface area (Å²) >= 11 is 0. The van der Waals surface area contributed by atoms with Crippen LogP contribution in [0.3, 0.4) is 0 Å². The summed E-state index contributed by atoms with van der Waals surface area (Å²) in [4.78, 5) is 14.2. The molecule has 4 nitrogen and oxygen atoms in total. The minimum Gasteiger partial charge on any atom is -0.356 e. The summed E-state index contributed by atoms with van der Waals surface area (Å²) in [5.41, 5.74) is 0.497. The lowest BCUT2D eigenvalue weighted by molar-refractivity contribution is -0.138. The number of aromatic nitrogens is 1. The summed E-state index contributed by atoms with van der Waals surface area (Å²) in [7, 11) is 0. The first-order valence-electron chi connectivity index (χ1n) is 8.53. The third-order valence-electron chi connectivity index (χ3n) is 4.69. The number of benzene rings is 2. The maximum atomic E-state index is 13.3. The van der Waals surface area contributed by atoms with Crippen LogP contribution in [0.1, 0.15) is 27.2 Å². The number of amides is 1.